The van der Waals surface area contributed by atoms with Crippen molar-refractivity contribution in [1.82, 2.24) is 5.32 Å². The summed E-state index contributed by atoms with van der Waals surface area (Å²) in [6.45, 7) is 0.473. The van der Waals surface area contributed by atoms with E-state index in [1.165, 1.54) is 0 Å². The quantitative estimate of drug-likeness (QED) is 0.708. The molecule has 1 amide bonds. The van der Waals surface area contributed by atoms with Crippen LogP contribution < -0.4 is 15.4 Å². The highest BCUT2D eigenvalue weighted by molar-refractivity contribution is 5.95. The van der Waals surface area contributed by atoms with E-state index in [1.807, 2.05) is 0 Å². The number of amides is 1. The number of methoxy groups -OCH3 is 1. The van der Waals surface area contributed by atoms with Crippen LogP contribution in [0.5, 0.6) is 5.75 Å². The van der Waals surface area contributed by atoms with Gasteiger partial charge in [0.15, 0.2) is 0 Å². The van der Waals surface area contributed by atoms with E-state index in [4.69, 9.17) is 4.74 Å². The lowest BCUT2D eigenvalue weighted by molar-refractivity contribution is -0.117. The Labute approximate surface area is 99.8 Å². The summed E-state index contributed by atoms with van der Waals surface area (Å²) in [6, 6.07) is 6.82. The van der Waals surface area contributed by atoms with Gasteiger partial charge in [0.1, 0.15) is 5.75 Å². The number of hydrogen-bond acceptors (Lipinski definition) is 4. The Morgan fingerprint density at radius 2 is 2.18 bits per heavy atom. The highest BCUT2D eigenvalue weighted by Gasteiger charge is 2.27. The van der Waals surface area contributed by atoms with Gasteiger partial charge in [0.05, 0.1) is 19.3 Å². The summed E-state index contributed by atoms with van der Waals surface area (Å²) in [6.07, 6.45) is 0.0312. The molecule has 5 nitrogen and oxygen atoms in total. The zero-order chi connectivity index (χ0) is 12.3. The molecule has 1 aliphatic heterocycles. The van der Waals surface area contributed by atoms with Crippen molar-refractivity contribution >= 4 is 11.6 Å². The molecule has 0 spiro atoms. The van der Waals surface area contributed by atoms with Gasteiger partial charge < -0.3 is 20.5 Å². The summed E-state index contributed by atoms with van der Waals surface area (Å²) in [5.74, 6) is 0.629. The van der Waals surface area contributed by atoms with Gasteiger partial charge in [-0.05, 0) is 30.7 Å². The third kappa shape index (κ3) is 2.95. The number of carbonyl (C=O) groups is 1. The number of rotatable bonds is 3. The Morgan fingerprint density at radius 3 is 2.71 bits per heavy atom. The largest absolute Gasteiger partial charge is 0.497 e. The van der Waals surface area contributed by atoms with Gasteiger partial charge >= 0.3 is 0 Å². The van der Waals surface area contributed by atoms with Gasteiger partial charge in [-0.3, -0.25) is 4.79 Å². The first-order valence-corrected chi connectivity index (χ1v) is 5.55. The second-order valence-electron chi connectivity index (χ2n) is 4.07. The molecule has 1 aromatic carbocycles. The number of ether oxygens (including phenoxy) is 1. The van der Waals surface area contributed by atoms with Crippen LogP contribution in [-0.2, 0) is 4.79 Å². The van der Waals surface area contributed by atoms with Gasteiger partial charge in [0.2, 0.25) is 5.91 Å². The molecule has 1 fully saturated rings. The molecular weight excluding hydrogens is 220 g/mol. The lowest BCUT2D eigenvalue weighted by Crippen LogP contribution is -2.35. The molecule has 0 aliphatic carbocycles. The molecule has 0 bridgehead atoms. The fourth-order valence-electron chi connectivity index (χ4n) is 1.82. The summed E-state index contributed by atoms with van der Waals surface area (Å²) < 4.78 is 5.03. The van der Waals surface area contributed by atoms with E-state index < -0.39 is 6.10 Å². The molecule has 2 atom stereocenters. The molecule has 1 saturated heterocycles. The molecule has 2 unspecified atom stereocenters. The topological polar surface area (TPSA) is 70.6 Å². The number of aliphatic hydroxyl groups is 1. The summed E-state index contributed by atoms with van der Waals surface area (Å²) in [5.41, 5.74) is 0.721. The van der Waals surface area contributed by atoms with Gasteiger partial charge in [-0.25, -0.2) is 0 Å². The van der Waals surface area contributed by atoms with Crippen LogP contribution in [-0.4, -0.2) is 36.8 Å². The van der Waals surface area contributed by atoms with Gasteiger partial charge in [0, 0.05) is 12.2 Å². The number of anilines is 1. The van der Waals surface area contributed by atoms with Crippen LogP contribution in [0.15, 0.2) is 24.3 Å². The van der Waals surface area contributed by atoms with Crippen molar-refractivity contribution < 1.29 is 14.6 Å². The Kier molecular flexibility index (Phi) is 3.61. The zero-order valence-electron chi connectivity index (χ0n) is 9.64. The Balaban J connectivity index is 1.93. The zero-order valence-corrected chi connectivity index (χ0v) is 9.64. The fraction of sp³-hybridized carbons (Fsp3) is 0.417. The predicted molar refractivity (Wildman–Crippen MR) is 64.0 cm³/mol. The first-order chi connectivity index (χ1) is 8.19. The molecule has 0 radical (unpaired) electrons. The maximum Gasteiger partial charge on any atom is 0.241 e. The minimum atomic E-state index is -0.429. The highest BCUT2D eigenvalue weighted by atomic mass is 16.5. The van der Waals surface area contributed by atoms with Crippen LogP contribution in [0.1, 0.15) is 6.42 Å². The summed E-state index contributed by atoms with van der Waals surface area (Å²) in [5, 5.41) is 15.1. The molecule has 0 saturated carbocycles. The van der Waals surface area contributed by atoms with Gasteiger partial charge in [-0.2, -0.15) is 0 Å². The van der Waals surface area contributed by atoms with Crippen molar-refractivity contribution in [3.8, 4) is 5.75 Å². The van der Waals surface area contributed by atoms with Gasteiger partial charge in [-0.15, -0.1) is 0 Å². The average molecular weight is 236 g/mol. The molecule has 2 rings (SSSR count). The number of β-amino-alcohol motifs (C(OH)–C–C–N with tert-alkyl or cyclic N) is 1. The Morgan fingerprint density at radius 1 is 1.47 bits per heavy atom. The molecule has 1 aliphatic rings. The van der Waals surface area contributed by atoms with E-state index in [9.17, 15) is 9.90 Å². The molecule has 0 aromatic heterocycles. The molecular formula is C12H16N2O3. The number of carbonyl (C=O) groups excluding carboxylic acids is 1. The Bertz CT molecular complexity index is 391. The monoisotopic (exact) mass is 236 g/mol. The predicted octanol–water partition coefficient (Wildman–Crippen LogP) is 0.356. The molecule has 1 heterocycles. The van der Waals surface area contributed by atoms with E-state index in [0.717, 1.165) is 11.4 Å². The Hall–Kier alpha value is -1.59. The van der Waals surface area contributed by atoms with Crippen LogP contribution in [0.25, 0.3) is 0 Å². The smallest absolute Gasteiger partial charge is 0.241 e. The normalized spacial score (nSPS) is 23.4. The number of benzene rings is 1. The van der Waals surface area contributed by atoms with E-state index >= 15 is 0 Å². The maximum atomic E-state index is 11.8. The van der Waals surface area contributed by atoms with Crippen LogP contribution in [0, 0.1) is 0 Å². The van der Waals surface area contributed by atoms with Crippen LogP contribution in [0.4, 0.5) is 5.69 Å². The van der Waals surface area contributed by atoms with Crippen molar-refractivity contribution in [2.45, 2.75) is 18.6 Å². The second kappa shape index (κ2) is 5.16. The summed E-state index contributed by atoms with van der Waals surface area (Å²) in [4.78, 5) is 11.8. The second-order valence-corrected chi connectivity index (χ2v) is 4.07. The fourth-order valence-corrected chi connectivity index (χ4v) is 1.82. The first-order valence-electron chi connectivity index (χ1n) is 5.55. The molecule has 17 heavy (non-hydrogen) atoms. The molecule has 1 aromatic rings. The van der Waals surface area contributed by atoms with Gasteiger partial charge in [-0.1, -0.05) is 0 Å². The van der Waals surface area contributed by atoms with E-state index in [0.29, 0.717) is 13.0 Å². The van der Waals surface area contributed by atoms with E-state index in [2.05, 4.69) is 10.6 Å². The van der Waals surface area contributed by atoms with Crippen molar-refractivity contribution in [3.63, 3.8) is 0 Å². The number of aliphatic hydroxyl groups excluding tert-OH is 1. The van der Waals surface area contributed by atoms with Crippen molar-refractivity contribution in [2.75, 3.05) is 19.0 Å². The van der Waals surface area contributed by atoms with Crippen LogP contribution >= 0.6 is 0 Å². The maximum absolute atomic E-state index is 11.8. The highest BCUT2D eigenvalue weighted by Crippen LogP contribution is 2.16. The molecule has 3 N–H and O–H groups in total. The van der Waals surface area contributed by atoms with Crippen molar-refractivity contribution in [2.24, 2.45) is 0 Å². The number of nitrogens with one attached hydrogen (secondary N) is 2. The average Bonchev–Trinajstić information content (AvgIpc) is 2.77. The lowest BCUT2D eigenvalue weighted by atomic mass is 10.2. The first kappa shape index (κ1) is 11.9. The van der Waals surface area contributed by atoms with Crippen LogP contribution in [0.2, 0.25) is 0 Å². The van der Waals surface area contributed by atoms with Crippen molar-refractivity contribution in [1.29, 1.82) is 0 Å². The van der Waals surface area contributed by atoms with Gasteiger partial charge in [0.25, 0.3) is 0 Å². The minimum Gasteiger partial charge on any atom is -0.497 e. The van der Waals surface area contributed by atoms with Crippen molar-refractivity contribution in [3.05, 3.63) is 24.3 Å². The molecule has 5 heteroatoms. The minimum absolute atomic E-state index is 0.119. The summed E-state index contributed by atoms with van der Waals surface area (Å²) in [7, 11) is 1.59. The SMILES string of the molecule is COc1ccc(NC(=O)C2CC(O)CN2)cc1. The van der Waals surface area contributed by atoms with E-state index in [-0.39, 0.29) is 11.9 Å². The standard InChI is InChI=1S/C12H16N2O3/c1-17-10-4-2-8(3-5-10)14-12(16)11-6-9(15)7-13-11/h2-5,9,11,13,15H,6-7H2,1H3,(H,14,16). The lowest BCUT2D eigenvalue weighted by Gasteiger charge is -2.11. The van der Waals surface area contributed by atoms with E-state index in [1.54, 1.807) is 31.4 Å². The third-order valence-corrected chi connectivity index (χ3v) is 2.78. The molecule has 92 valence electrons. The summed E-state index contributed by atoms with van der Waals surface area (Å²) >= 11 is 0. The third-order valence-electron chi connectivity index (χ3n) is 2.78. The number of hydrogen-bond donors (Lipinski definition) is 3. The van der Waals surface area contributed by atoms with Crippen LogP contribution in [0.3, 0.4) is 0 Å².